The van der Waals surface area contributed by atoms with Crippen LogP contribution in [0, 0.1) is 0 Å². The molecule has 0 aromatic carbocycles. The van der Waals surface area contributed by atoms with Crippen molar-refractivity contribution in [2.45, 2.75) is 39.0 Å². The second kappa shape index (κ2) is 14.3. The molecule has 0 unspecified atom stereocenters. The Hall–Kier alpha value is -2.75. The fourth-order valence-electron chi connectivity index (χ4n) is 2.44. The van der Waals surface area contributed by atoms with Gasteiger partial charge in [-0.05, 0) is 38.3 Å². The Morgan fingerprint density at radius 2 is 1.76 bits per heavy atom. The second-order valence-corrected chi connectivity index (χ2v) is 6.38. The van der Waals surface area contributed by atoms with Crippen molar-refractivity contribution in [1.82, 2.24) is 30.5 Å². The van der Waals surface area contributed by atoms with E-state index in [1.807, 2.05) is 31.6 Å². The third-order valence-electron chi connectivity index (χ3n) is 3.88. The summed E-state index contributed by atoms with van der Waals surface area (Å²) < 4.78 is 16.9. The number of hydrogen-bond acceptors (Lipinski definition) is 10. The Kier molecular flexibility index (Phi) is 11.1. The lowest BCUT2D eigenvalue weighted by Gasteiger charge is -2.14. The summed E-state index contributed by atoms with van der Waals surface area (Å²) in [6.07, 6.45) is 12.4. The third kappa shape index (κ3) is 9.84. The third-order valence-corrected chi connectivity index (χ3v) is 3.88. The van der Waals surface area contributed by atoms with E-state index in [1.165, 1.54) is 0 Å². The highest BCUT2D eigenvalue weighted by Crippen LogP contribution is 2.15. The number of nitrogens with zero attached hydrogens (tertiary/aromatic N) is 4. The minimum atomic E-state index is 0.229. The zero-order valence-electron chi connectivity index (χ0n) is 17.2. The molecule has 162 valence electrons. The summed E-state index contributed by atoms with van der Waals surface area (Å²) in [6, 6.07) is 0.689. The molecule has 1 aromatic heterocycles. The van der Waals surface area contributed by atoms with Gasteiger partial charge in [-0.15, -0.1) is 15.0 Å². The number of hydrogen-bond donors (Lipinski definition) is 3. The molecular formula is C19H33N7O3. The van der Waals surface area contributed by atoms with Gasteiger partial charge in [0.15, 0.2) is 0 Å². The summed E-state index contributed by atoms with van der Waals surface area (Å²) in [5, 5.41) is 6.07. The maximum absolute atomic E-state index is 5.69. The number of nitrogens with two attached hydrogens (primary N) is 1. The number of rotatable bonds is 16. The monoisotopic (exact) mass is 407 g/mol. The highest BCUT2D eigenvalue weighted by Gasteiger charge is 2.10. The largest absolute Gasteiger partial charge is 0.463 e. The van der Waals surface area contributed by atoms with E-state index in [0.717, 1.165) is 45.3 Å². The lowest BCUT2D eigenvalue weighted by molar-refractivity contribution is 0.226. The van der Waals surface area contributed by atoms with Crippen LogP contribution in [-0.2, 0) is 0 Å². The SMILES string of the molecule is CCCOc1nc(OCCCC/C=C\NCN)nc(OCCCN2C=CNC2)n1. The summed E-state index contributed by atoms with van der Waals surface area (Å²) in [4.78, 5) is 14.8. The van der Waals surface area contributed by atoms with Crippen LogP contribution < -0.4 is 30.6 Å². The van der Waals surface area contributed by atoms with Gasteiger partial charge in [-0.1, -0.05) is 13.0 Å². The Labute approximate surface area is 172 Å². The number of unbranched alkanes of at least 4 members (excludes halogenated alkanes) is 2. The highest BCUT2D eigenvalue weighted by molar-refractivity contribution is 5.09. The first-order valence-corrected chi connectivity index (χ1v) is 10.2. The topological polar surface area (TPSA) is 120 Å². The van der Waals surface area contributed by atoms with Gasteiger partial charge >= 0.3 is 18.0 Å². The molecule has 4 N–H and O–H groups in total. The van der Waals surface area contributed by atoms with E-state index < -0.39 is 0 Å². The van der Waals surface area contributed by atoms with E-state index in [9.17, 15) is 0 Å². The van der Waals surface area contributed by atoms with Crippen LogP contribution in [0.25, 0.3) is 0 Å². The van der Waals surface area contributed by atoms with Crippen molar-refractivity contribution in [3.8, 4) is 18.0 Å². The molecule has 29 heavy (non-hydrogen) atoms. The molecule has 10 nitrogen and oxygen atoms in total. The van der Waals surface area contributed by atoms with Gasteiger partial charge in [0.25, 0.3) is 0 Å². The van der Waals surface area contributed by atoms with Gasteiger partial charge in [0.05, 0.1) is 33.2 Å². The highest BCUT2D eigenvalue weighted by atomic mass is 16.5. The average Bonchev–Trinajstić information content (AvgIpc) is 3.25. The van der Waals surface area contributed by atoms with E-state index in [0.29, 0.717) is 26.5 Å². The van der Waals surface area contributed by atoms with Crippen molar-refractivity contribution in [3.63, 3.8) is 0 Å². The molecule has 0 saturated carbocycles. The van der Waals surface area contributed by atoms with Crippen LogP contribution in [0.15, 0.2) is 24.7 Å². The molecule has 0 atom stereocenters. The molecule has 0 radical (unpaired) electrons. The Morgan fingerprint density at radius 3 is 2.38 bits per heavy atom. The number of nitrogens with one attached hydrogen (secondary N) is 2. The molecule has 0 aliphatic carbocycles. The average molecular weight is 408 g/mol. The van der Waals surface area contributed by atoms with Crippen LogP contribution in [0.2, 0.25) is 0 Å². The molecule has 2 heterocycles. The van der Waals surface area contributed by atoms with Gasteiger partial charge in [0.2, 0.25) is 0 Å². The Balaban J connectivity index is 1.75. The zero-order valence-corrected chi connectivity index (χ0v) is 17.2. The fourth-order valence-corrected chi connectivity index (χ4v) is 2.44. The van der Waals surface area contributed by atoms with Gasteiger partial charge in [-0.25, -0.2) is 0 Å². The first kappa shape index (κ1) is 22.5. The number of allylic oxidation sites excluding steroid dienone is 1. The molecule has 10 heteroatoms. The first-order valence-electron chi connectivity index (χ1n) is 10.2. The zero-order chi connectivity index (χ0) is 20.6. The van der Waals surface area contributed by atoms with E-state index in [2.05, 4.69) is 30.5 Å². The lowest BCUT2D eigenvalue weighted by Crippen LogP contribution is -2.23. The van der Waals surface area contributed by atoms with Crippen LogP contribution in [-0.4, -0.2) is 59.6 Å². The quantitative estimate of drug-likeness (QED) is 0.273. The number of ether oxygens (including phenoxy) is 3. The molecule has 0 bridgehead atoms. The smallest absolute Gasteiger partial charge is 0.325 e. The van der Waals surface area contributed by atoms with Gasteiger partial charge in [0, 0.05) is 18.9 Å². The Bertz CT molecular complexity index is 628. The van der Waals surface area contributed by atoms with Crippen LogP contribution in [0.1, 0.15) is 39.0 Å². The standard InChI is InChI=1S/C19H33N7O3/c1-2-12-27-17-23-18(28-13-6-4-3-5-8-21-15-20)25-19(24-17)29-14-7-10-26-11-9-22-16-26/h5,8-9,11,21-22H,2-4,6-7,10,12-16,20H2,1H3/b8-5-. The van der Waals surface area contributed by atoms with Gasteiger partial charge in [-0.2, -0.15) is 0 Å². The van der Waals surface area contributed by atoms with Crippen molar-refractivity contribution in [1.29, 1.82) is 0 Å². The van der Waals surface area contributed by atoms with Gasteiger partial charge in [0.1, 0.15) is 0 Å². The van der Waals surface area contributed by atoms with Crippen molar-refractivity contribution in [3.05, 3.63) is 24.7 Å². The molecule has 2 rings (SSSR count). The molecule has 0 saturated heterocycles. The van der Waals surface area contributed by atoms with Crippen LogP contribution in [0.4, 0.5) is 0 Å². The maximum atomic E-state index is 5.69. The maximum Gasteiger partial charge on any atom is 0.325 e. The predicted octanol–water partition coefficient (Wildman–Crippen LogP) is 1.33. The van der Waals surface area contributed by atoms with E-state index in [1.54, 1.807) is 0 Å². The molecule has 1 aliphatic heterocycles. The summed E-state index contributed by atoms with van der Waals surface area (Å²) in [7, 11) is 0. The van der Waals surface area contributed by atoms with Crippen molar-refractivity contribution in [2.75, 3.05) is 39.7 Å². The van der Waals surface area contributed by atoms with Crippen LogP contribution >= 0.6 is 0 Å². The van der Waals surface area contributed by atoms with E-state index in [4.69, 9.17) is 19.9 Å². The summed E-state index contributed by atoms with van der Waals surface area (Å²) in [5.41, 5.74) is 5.35. The molecule has 1 aromatic rings. The summed E-state index contributed by atoms with van der Waals surface area (Å²) >= 11 is 0. The molecule has 0 fully saturated rings. The minimum Gasteiger partial charge on any atom is -0.463 e. The van der Waals surface area contributed by atoms with Crippen LogP contribution in [0.3, 0.4) is 0 Å². The molecule has 0 spiro atoms. The molecule has 0 amide bonds. The fraction of sp³-hybridized carbons (Fsp3) is 0.632. The van der Waals surface area contributed by atoms with E-state index in [-0.39, 0.29) is 18.0 Å². The summed E-state index contributed by atoms with van der Waals surface area (Å²) in [6.45, 7) is 5.74. The summed E-state index contributed by atoms with van der Waals surface area (Å²) in [5.74, 6) is 0. The predicted molar refractivity (Wildman–Crippen MR) is 110 cm³/mol. The Morgan fingerprint density at radius 1 is 1.07 bits per heavy atom. The van der Waals surface area contributed by atoms with Crippen LogP contribution in [0.5, 0.6) is 18.0 Å². The van der Waals surface area contributed by atoms with Crippen molar-refractivity contribution in [2.24, 2.45) is 5.73 Å². The van der Waals surface area contributed by atoms with E-state index >= 15 is 0 Å². The molecule has 1 aliphatic rings. The second-order valence-electron chi connectivity index (χ2n) is 6.38. The van der Waals surface area contributed by atoms with Gasteiger partial charge in [-0.3, -0.25) is 0 Å². The number of aromatic nitrogens is 3. The normalized spacial score (nSPS) is 13.0. The van der Waals surface area contributed by atoms with Gasteiger partial charge < -0.3 is 35.5 Å². The molecular weight excluding hydrogens is 374 g/mol. The first-order chi connectivity index (χ1) is 14.3. The minimum absolute atomic E-state index is 0.229. The lowest BCUT2D eigenvalue weighted by atomic mass is 10.2. The van der Waals surface area contributed by atoms with Crippen molar-refractivity contribution >= 4 is 0 Å². The van der Waals surface area contributed by atoms with Crippen molar-refractivity contribution < 1.29 is 14.2 Å².